The molecular formula is C15H18N2O3. The third kappa shape index (κ3) is 3.11. The molecule has 3 N–H and O–H groups in total. The van der Waals surface area contributed by atoms with Gasteiger partial charge in [0.15, 0.2) is 11.5 Å². The van der Waals surface area contributed by atoms with E-state index in [1.165, 1.54) is 18.9 Å². The van der Waals surface area contributed by atoms with E-state index in [4.69, 9.17) is 15.2 Å². The Hall–Kier alpha value is -2.01. The second kappa shape index (κ2) is 5.54. The van der Waals surface area contributed by atoms with Crippen LogP contribution in [0.25, 0.3) is 6.08 Å². The Morgan fingerprint density at radius 2 is 2.20 bits per heavy atom. The van der Waals surface area contributed by atoms with Crippen LogP contribution in [-0.4, -0.2) is 25.3 Å². The van der Waals surface area contributed by atoms with Crippen molar-refractivity contribution in [3.8, 4) is 11.5 Å². The normalized spacial score (nSPS) is 18.2. The molecule has 0 aromatic heterocycles. The molecule has 1 heterocycles. The van der Waals surface area contributed by atoms with E-state index in [0.29, 0.717) is 18.2 Å². The first kappa shape index (κ1) is 13.0. The van der Waals surface area contributed by atoms with Crippen LogP contribution in [0.5, 0.6) is 11.5 Å². The minimum absolute atomic E-state index is 0.0814. The van der Waals surface area contributed by atoms with Gasteiger partial charge in [0.2, 0.25) is 12.7 Å². The number of nitrogens with two attached hydrogens (primary N) is 1. The molecule has 1 aliphatic carbocycles. The van der Waals surface area contributed by atoms with Crippen molar-refractivity contribution in [3.05, 3.63) is 29.8 Å². The smallest absolute Gasteiger partial charge is 0.244 e. The van der Waals surface area contributed by atoms with Gasteiger partial charge in [0.25, 0.3) is 0 Å². The van der Waals surface area contributed by atoms with Crippen molar-refractivity contribution in [1.29, 1.82) is 0 Å². The molecule has 1 amide bonds. The molecule has 1 aliphatic heterocycles. The molecule has 5 heteroatoms. The van der Waals surface area contributed by atoms with Crippen LogP contribution < -0.4 is 20.5 Å². The monoisotopic (exact) mass is 274 g/mol. The molecule has 2 aliphatic rings. The number of carbonyl (C=O) groups is 1. The molecule has 20 heavy (non-hydrogen) atoms. The summed E-state index contributed by atoms with van der Waals surface area (Å²) in [6.45, 7) is 0.789. The second-order valence-corrected chi connectivity index (χ2v) is 5.19. The fourth-order valence-electron chi connectivity index (χ4n) is 2.16. The zero-order chi connectivity index (χ0) is 13.9. The molecule has 5 nitrogen and oxygen atoms in total. The summed E-state index contributed by atoms with van der Waals surface area (Å²) in [5, 5.41) is 2.82. The molecule has 106 valence electrons. The lowest BCUT2D eigenvalue weighted by atomic mass is 10.2. The van der Waals surface area contributed by atoms with E-state index >= 15 is 0 Å². The zero-order valence-electron chi connectivity index (χ0n) is 11.2. The van der Waals surface area contributed by atoms with Crippen LogP contribution in [-0.2, 0) is 4.79 Å². The predicted octanol–water partition coefficient (Wildman–Crippen LogP) is 1.28. The molecule has 0 radical (unpaired) electrons. The van der Waals surface area contributed by atoms with Gasteiger partial charge in [-0.15, -0.1) is 0 Å². The summed E-state index contributed by atoms with van der Waals surface area (Å²) in [6.07, 6.45) is 5.63. The lowest BCUT2D eigenvalue weighted by Crippen LogP contribution is -2.37. The highest BCUT2D eigenvalue weighted by Crippen LogP contribution is 2.33. The van der Waals surface area contributed by atoms with Crippen molar-refractivity contribution >= 4 is 12.0 Å². The highest BCUT2D eigenvalue weighted by molar-refractivity contribution is 5.91. The molecule has 1 aromatic carbocycles. The predicted molar refractivity (Wildman–Crippen MR) is 75.3 cm³/mol. The van der Waals surface area contributed by atoms with Crippen molar-refractivity contribution in [2.75, 3.05) is 13.3 Å². The number of hydrogen-bond acceptors (Lipinski definition) is 4. The summed E-state index contributed by atoms with van der Waals surface area (Å²) in [5.74, 6) is 1.91. The van der Waals surface area contributed by atoms with E-state index in [1.54, 1.807) is 6.08 Å². The average molecular weight is 274 g/mol. The van der Waals surface area contributed by atoms with Gasteiger partial charge in [-0.2, -0.15) is 0 Å². The van der Waals surface area contributed by atoms with Gasteiger partial charge in [-0.1, -0.05) is 6.07 Å². The number of rotatable bonds is 5. The highest BCUT2D eigenvalue weighted by Gasteiger charge is 2.28. The van der Waals surface area contributed by atoms with Crippen LogP contribution in [0.1, 0.15) is 18.4 Å². The minimum atomic E-state index is -0.126. The van der Waals surface area contributed by atoms with Crippen LogP contribution in [0.2, 0.25) is 0 Å². The summed E-state index contributed by atoms with van der Waals surface area (Å²) in [6, 6.07) is 5.65. The van der Waals surface area contributed by atoms with Gasteiger partial charge in [-0.3, -0.25) is 4.79 Å². The van der Waals surface area contributed by atoms with Crippen molar-refractivity contribution in [1.82, 2.24) is 5.32 Å². The van der Waals surface area contributed by atoms with Crippen LogP contribution >= 0.6 is 0 Å². The highest BCUT2D eigenvalue weighted by atomic mass is 16.7. The average Bonchev–Trinajstić information content (AvgIpc) is 3.20. The Morgan fingerprint density at radius 1 is 1.40 bits per heavy atom. The molecule has 3 rings (SSSR count). The number of nitrogens with one attached hydrogen (secondary N) is 1. The number of hydrogen-bond donors (Lipinski definition) is 2. The van der Waals surface area contributed by atoms with E-state index < -0.39 is 0 Å². The number of fused-ring (bicyclic) bond motifs is 1. The third-order valence-corrected chi connectivity index (χ3v) is 3.56. The van der Waals surface area contributed by atoms with Gasteiger partial charge in [-0.05, 0) is 42.5 Å². The van der Waals surface area contributed by atoms with Gasteiger partial charge < -0.3 is 20.5 Å². The Balaban J connectivity index is 1.52. The number of amides is 1. The summed E-state index contributed by atoms with van der Waals surface area (Å²) < 4.78 is 10.5. The molecule has 1 atom stereocenters. The molecule has 0 saturated heterocycles. The zero-order valence-corrected chi connectivity index (χ0v) is 11.2. The molecule has 0 bridgehead atoms. The van der Waals surface area contributed by atoms with Gasteiger partial charge in [0.05, 0.1) is 0 Å². The molecular weight excluding hydrogens is 256 g/mol. The Bertz CT molecular complexity index is 538. The van der Waals surface area contributed by atoms with E-state index in [2.05, 4.69) is 5.32 Å². The van der Waals surface area contributed by atoms with Crippen molar-refractivity contribution in [3.63, 3.8) is 0 Å². The lowest BCUT2D eigenvalue weighted by molar-refractivity contribution is -0.116. The topological polar surface area (TPSA) is 73.6 Å². The van der Waals surface area contributed by atoms with E-state index in [1.807, 2.05) is 18.2 Å². The third-order valence-electron chi connectivity index (χ3n) is 3.56. The summed E-state index contributed by atoms with van der Waals surface area (Å²) >= 11 is 0. The second-order valence-electron chi connectivity index (χ2n) is 5.19. The Morgan fingerprint density at radius 3 is 3.00 bits per heavy atom. The first-order valence-electron chi connectivity index (χ1n) is 6.83. The largest absolute Gasteiger partial charge is 0.454 e. The van der Waals surface area contributed by atoms with Gasteiger partial charge >= 0.3 is 0 Å². The Kier molecular flexibility index (Phi) is 3.60. The molecule has 1 unspecified atom stereocenters. The van der Waals surface area contributed by atoms with Crippen LogP contribution in [0, 0.1) is 5.92 Å². The van der Waals surface area contributed by atoms with Crippen molar-refractivity contribution in [2.24, 2.45) is 11.7 Å². The van der Waals surface area contributed by atoms with Crippen molar-refractivity contribution < 1.29 is 14.3 Å². The fourth-order valence-corrected chi connectivity index (χ4v) is 2.16. The van der Waals surface area contributed by atoms with Gasteiger partial charge in [-0.25, -0.2) is 0 Å². The summed E-state index contributed by atoms with van der Waals surface area (Å²) in [7, 11) is 0. The van der Waals surface area contributed by atoms with Crippen LogP contribution in [0.3, 0.4) is 0 Å². The lowest BCUT2D eigenvalue weighted by Gasteiger charge is -2.09. The molecule has 0 spiro atoms. The maximum Gasteiger partial charge on any atom is 0.244 e. The van der Waals surface area contributed by atoms with Crippen LogP contribution in [0.15, 0.2) is 24.3 Å². The van der Waals surface area contributed by atoms with Gasteiger partial charge in [0, 0.05) is 18.7 Å². The summed E-state index contributed by atoms with van der Waals surface area (Å²) in [4.78, 5) is 11.7. The van der Waals surface area contributed by atoms with E-state index in [0.717, 1.165) is 11.3 Å². The Labute approximate surface area is 117 Å². The molecule has 1 fully saturated rings. The summed E-state index contributed by atoms with van der Waals surface area (Å²) in [5.41, 5.74) is 6.83. The quantitative estimate of drug-likeness (QED) is 0.793. The van der Waals surface area contributed by atoms with E-state index in [-0.39, 0.29) is 18.7 Å². The minimum Gasteiger partial charge on any atom is -0.454 e. The standard InChI is InChI=1S/C15H18N2O3/c16-12(11-3-4-11)8-17-15(18)6-2-10-1-5-13-14(7-10)20-9-19-13/h1-2,5-7,11-12H,3-4,8-9,16H2,(H,17,18)/b6-2+. The number of benzene rings is 1. The van der Waals surface area contributed by atoms with Crippen LogP contribution in [0.4, 0.5) is 0 Å². The van der Waals surface area contributed by atoms with E-state index in [9.17, 15) is 4.79 Å². The maximum absolute atomic E-state index is 11.7. The molecule has 1 saturated carbocycles. The number of carbonyl (C=O) groups excluding carboxylic acids is 1. The number of ether oxygens (including phenoxy) is 2. The SMILES string of the molecule is NC(CNC(=O)/C=C/c1ccc2c(c1)OCO2)C1CC1. The molecule has 1 aromatic rings. The maximum atomic E-state index is 11.7. The van der Waals surface area contributed by atoms with Crippen molar-refractivity contribution in [2.45, 2.75) is 18.9 Å². The first-order valence-corrected chi connectivity index (χ1v) is 6.83. The fraction of sp³-hybridized carbons (Fsp3) is 0.400. The van der Waals surface area contributed by atoms with Gasteiger partial charge in [0.1, 0.15) is 0 Å². The first-order chi connectivity index (χ1) is 9.72.